The molecule has 0 radical (unpaired) electrons. The van der Waals surface area contributed by atoms with Crippen molar-refractivity contribution in [3.8, 4) is 0 Å². The molecule has 190 valence electrons. The second-order valence-corrected chi connectivity index (χ2v) is 12.8. The summed E-state index contributed by atoms with van der Waals surface area (Å²) in [6.07, 6.45) is 13.0. The molecule has 0 aromatic carbocycles. The van der Waals surface area contributed by atoms with Crippen LogP contribution in [-0.2, 0) is 0 Å². The van der Waals surface area contributed by atoms with Crippen LogP contribution in [0.2, 0.25) is 0 Å². The maximum Gasteiger partial charge on any atom is 0.0640 e. The van der Waals surface area contributed by atoms with Crippen LogP contribution in [-0.4, -0.2) is 33.0 Å². The van der Waals surface area contributed by atoms with Gasteiger partial charge in [0.25, 0.3) is 0 Å². The number of aliphatic hydroxyl groups is 2. The maximum atomic E-state index is 11.9. The van der Waals surface area contributed by atoms with Gasteiger partial charge in [-0.3, -0.25) is 10.1 Å². The van der Waals surface area contributed by atoms with E-state index in [4.69, 9.17) is 0 Å². The molecule has 0 aromatic rings. The molecule has 0 spiro atoms. The van der Waals surface area contributed by atoms with Crippen molar-refractivity contribution in [2.75, 3.05) is 0 Å². The lowest BCUT2D eigenvalue weighted by molar-refractivity contribution is -0.439. The summed E-state index contributed by atoms with van der Waals surface area (Å²) in [6.45, 7) is 9.40. The lowest BCUT2D eigenvalue weighted by Gasteiger charge is -2.67. The minimum Gasteiger partial charge on any atom is -0.393 e. The van der Waals surface area contributed by atoms with Gasteiger partial charge in [0.05, 0.1) is 11.7 Å². The van der Waals surface area contributed by atoms with Gasteiger partial charge in [0.1, 0.15) is 0 Å². The smallest absolute Gasteiger partial charge is 0.0640 e. The first-order valence-electron chi connectivity index (χ1n) is 13.8. The fraction of sp³-hybridized carbons (Fsp3) is 1.00. The third-order valence-corrected chi connectivity index (χ3v) is 11.3. The molecule has 4 rings (SSSR count). The highest BCUT2D eigenvalue weighted by atomic mass is 16.7. The first-order valence-corrected chi connectivity index (χ1v) is 13.8. The monoisotopic (exact) mass is 463 g/mol. The molecule has 4 aliphatic rings. The summed E-state index contributed by atoms with van der Waals surface area (Å²) in [7, 11) is 0. The Morgan fingerprint density at radius 1 is 1.09 bits per heavy atom. The topological polar surface area (TPSA) is 97.7 Å². The van der Waals surface area contributed by atoms with Crippen LogP contribution in [0.4, 0.5) is 0 Å². The van der Waals surface area contributed by atoms with Crippen molar-refractivity contribution >= 4 is 0 Å². The van der Waals surface area contributed by atoms with E-state index in [1.54, 1.807) is 0 Å². The number of nitrogens with zero attached hydrogens (tertiary/aromatic N) is 2. The van der Waals surface area contributed by atoms with Crippen molar-refractivity contribution in [1.82, 2.24) is 0 Å². The highest BCUT2D eigenvalue weighted by Crippen LogP contribution is 2.69. The minimum absolute atomic E-state index is 0.216. The van der Waals surface area contributed by atoms with Crippen molar-refractivity contribution in [2.24, 2.45) is 40.4 Å². The van der Waals surface area contributed by atoms with Crippen molar-refractivity contribution in [2.45, 2.75) is 129 Å². The molecule has 4 aliphatic carbocycles. The van der Waals surface area contributed by atoms with Gasteiger partial charge in [0.2, 0.25) is 0 Å². The van der Waals surface area contributed by atoms with Gasteiger partial charge in [-0.25, -0.2) is 0 Å². The lowest BCUT2D eigenvalue weighted by Crippen LogP contribution is -2.68. The van der Waals surface area contributed by atoms with Crippen LogP contribution in [0, 0.1) is 50.5 Å². The van der Waals surface area contributed by atoms with Crippen LogP contribution in [0.5, 0.6) is 0 Å². The fourth-order valence-electron chi connectivity index (χ4n) is 9.59. The molecule has 4 saturated carbocycles. The molecule has 4 fully saturated rings. The van der Waals surface area contributed by atoms with Gasteiger partial charge in [-0.05, 0) is 90.0 Å². The van der Waals surface area contributed by atoms with E-state index in [0.29, 0.717) is 36.0 Å². The SMILES string of the molecule is CCCCCCC(C)[C@H]1CC[C@H]2[C@@H]3CC([N-][N+](=O)[O-])[C@@]4(O)C[C@@H](O)CC[C@]4(C)[C@H]3CC[C@]12C. The second-order valence-electron chi connectivity index (χ2n) is 12.8. The molecular weight excluding hydrogens is 416 g/mol. The normalized spacial score (nSPS) is 47.8. The average molecular weight is 464 g/mol. The van der Waals surface area contributed by atoms with Gasteiger partial charge in [-0.2, -0.15) is 0 Å². The van der Waals surface area contributed by atoms with Crippen LogP contribution in [0.25, 0.3) is 5.43 Å². The molecule has 6 nitrogen and oxygen atoms in total. The lowest BCUT2D eigenvalue weighted by atomic mass is 9.42. The van der Waals surface area contributed by atoms with E-state index < -0.39 is 28.2 Å². The number of hydrogen-bond acceptors (Lipinski definition) is 4. The molecule has 0 aliphatic heterocycles. The third-order valence-electron chi connectivity index (χ3n) is 11.3. The summed E-state index contributed by atoms with van der Waals surface area (Å²) in [5.74, 6) is 2.78. The summed E-state index contributed by atoms with van der Waals surface area (Å²) >= 11 is 0. The number of unbranched alkanes of at least 4 members (excludes halogenated alkanes) is 3. The zero-order valence-electron chi connectivity index (χ0n) is 21.3. The van der Waals surface area contributed by atoms with E-state index in [2.05, 4.69) is 33.1 Å². The van der Waals surface area contributed by atoms with Crippen LogP contribution >= 0.6 is 0 Å². The van der Waals surface area contributed by atoms with Crippen LogP contribution in [0.1, 0.15) is 111 Å². The molecule has 6 heteroatoms. The van der Waals surface area contributed by atoms with Gasteiger partial charge in [-0.15, -0.1) is 0 Å². The summed E-state index contributed by atoms with van der Waals surface area (Å²) < 4.78 is 0. The summed E-state index contributed by atoms with van der Waals surface area (Å²) in [4.78, 5) is 11.5. The number of aliphatic hydroxyl groups excluding tert-OH is 1. The molecule has 0 aromatic heterocycles. The third kappa shape index (κ3) is 4.11. The first-order chi connectivity index (χ1) is 15.6. The van der Waals surface area contributed by atoms with Crippen LogP contribution in [0.15, 0.2) is 0 Å². The summed E-state index contributed by atoms with van der Waals surface area (Å²) in [5, 5.41) is 33.2. The van der Waals surface area contributed by atoms with Crippen molar-refractivity contribution in [3.05, 3.63) is 15.5 Å². The van der Waals surface area contributed by atoms with Crippen LogP contribution < -0.4 is 0 Å². The van der Waals surface area contributed by atoms with Crippen molar-refractivity contribution < 1.29 is 15.2 Å². The Hall–Kier alpha value is -0.880. The van der Waals surface area contributed by atoms with E-state index in [9.17, 15) is 20.3 Å². The Balaban J connectivity index is 1.57. The molecule has 0 heterocycles. The minimum atomic E-state index is -1.28. The maximum absolute atomic E-state index is 11.9. The highest BCUT2D eigenvalue weighted by Gasteiger charge is 2.66. The molecule has 33 heavy (non-hydrogen) atoms. The molecule has 0 saturated heterocycles. The summed E-state index contributed by atoms with van der Waals surface area (Å²) in [5.41, 5.74) is 2.48. The quantitative estimate of drug-likeness (QED) is 0.252. The zero-order valence-corrected chi connectivity index (χ0v) is 21.3. The summed E-state index contributed by atoms with van der Waals surface area (Å²) in [6, 6.07) is -0.721. The van der Waals surface area contributed by atoms with Gasteiger partial charge in [0, 0.05) is 6.42 Å². The predicted molar refractivity (Wildman–Crippen MR) is 130 cm³/mol. The highest BCUT2D eigenvalue weighted by molar-refractivity contribution is 5.21. The Labute approximate surface area is 200 Å². The van der Waals surface area contributed by atoms with Gasteiger partial charge in [-0.1, -0.05) is 66.2 Å². The fourth-order valence-corrected chi connectivity index (χ4v) is 9.59. The van der Waals surface area contributed by atoms with E-state index >= 15 is 0 Å². The Morgan fingerprint density at radius 3 is 2.55 bits per heavy atom. The average Bonchev–Trinajstić information content (AvgIpc) is 3.10. The van der Waals surface area contributed by atoms with E-state index in [-0.39, 0.29) is 6.42 Å². The number of fused-ring (bicyclic) bond motifs is 5. The Bertz CT molecular complexity index is 718. The van der Waals surface area contributed by atoms with Crippen molar-refractivity contribution in [3.63, 3.8) is 0 Å². The number of nitro groups is 1. The largest absolute Gasteiger partial charge is 0.393 e. The first kappa shape index (κ1) is 25.2. The number of rotatable bonds is 8. The molecule has 10 atom stereocenters. The van der Waals surface area contributed by atoms with Gasteiger partial charge < -0.3 is 15.6 Å². The number of hydrogen-bond donors (Lipinski definition) is 2. The van der Waals surface area contributed by atoms with Gasteiger partial charge >= 0.3 is 0 Å². The Kier molecular flexibility index (Phi) is 7.10. The Morgan fingerprint density at radius 2 is 1.85 bits per heavy atom. The van der Waals surface area contributed by atoms with Gasteiger partial charge in [0.15, 0.2) is 0 Å². The van der Waals surface area contributed by atoms with E-state index in [0.717, 1.165) is 24.7 Å². The second kappa shape index (κ2) is 9.29. The molecule has 0 bridgehead atoms. The van der Waals surface area contributed by atoms with Crippen molar-refractivity contribution in [1.29, 1.82) is 0 Å². The molecule has 0 amide bonds. The van der Waals surface area contributed by atoms with E-state index in [1.807, 2.05) is 0 Å². The predicted octanol–water partition coefficient (Wildman–Crippen LogP) is 6.27. The standard InChI is InChI=1S/C27H47N2O4/c1-5-6-7-8-9-18(2)21-10-11-22-20-16-24(28-29(32)33)27(31)17-19(30)12-15-26(27,4)23(20)13-14-25(21,22)3/h18-24,30-31H,5-17H2,1-4H3/q-1/t18?,19-,20-,21+,22-,23-,24?,25+,26+,27-/m0/s1. The van der Waals surface area contributed by atoms with E-state index in [1.165, 1.54) is 51.4 Å². The molecule has 2 N–H and O–H groups in total. The molecule has 2 unspecified atom stereocenters. The zero-order chi connectivity index (χ0) is 24.0. The molecular formula is C27H47N2O4-. The van der Waals surface area contributed by atoms with Crippen LogP contribution in [0.3, 0.4) is 0 Å².